The number of carbonyl (C=O) groups is 1. The molecular formula is C13H12ClNO3S. The van der Waals surface area contributed by atoms with E-state index in [9.17, 15) is 15.0 Å². The molecule has 1 aliphatic rings. The van der Waals surface area contributed by atoms with Crippen LogP contribution in [0.15, 0.2) is 12.1 Å². The summed E-state index contributed by atoms with van der Waals surface area (Å²) >= 11 is 7.54. The highest BCUT2D eigenvalue weighted by Crippen LogP contribution is 2.47. The largest absolute Gasteiger partial charge is 0.507 e. The SMILES string of the molecule is Cc1cc2c(O)cc3c(c2s1)C(CCl)CN3C(=O)O. The Bertz CT molecular complexity index is 682. The van der Waals surface area contributed by atoms with Crippen molar-refractivity contribution < 1.29 is 15.0 Å². The summed E-state index contributed by atoms with van der Waals surface area (Å²) in [6, 6.07) is 3.45. The van der Waals surface area contributed by atoms with Gasteiger partial charge in [-0.2, -0.15) is 0 Å². The number of hydrogen-bond donors (Lipinski definition) is 2. The van der Waals surface area contributed by atoms with Crippen molar-refractivity contribution in [3.8, 4) is 5.75 Å². The average Bonchev–Trinajstić information content (AvgIpc) is 2.89. The molecule has 0 saturated heterocycles. The zero-order chi connectivity index (χ0) is 13.7. The van der Waals surface area contributed by atoms with Gasteiger partial charge in [-0.05, 0) is 13.0 Å². The van der Waals surface area contributed by atoms with Crippen LogP contribution in [0, 0.1) is 6.92 Å². The van der Waals surface area contributed by atoms with E-state index in [0.29, 0.717) is 18.1 Å². The zero-order valence-electron chi connectivity index (χ0n) is 10.2. The third-order valence-corrected chi connectivity index (χ3v) is 4.90. The normalized spacial score (nSPS) is 18.0. The fraction of sp³-hybridized carbons (Fsp3) is 0.308. The van der Waals surface area contributed by atoms with Gasteiger partial charge in [0, 0.05) is 44.9 Å². The molecule has 1 aliphatic heterocycles. The minimum Gasteiger partial charge on any atom is -0.507 e. The Morgan fingerprint density at radius 2 is 2.32 bits per heavy atom. The second kappa shape index (κ2) is 4.28. The van der Waals surface area contributed by atoms with E-state index in [4.69, 9.17) is 11.6 Å². The van der Waals surface area contributed by atoms with Crippen molar-refractivity contribution >= 4 is 44.8 Å². The van der Waals surface area contributed by atoms with Gasteiger partial charge in [-0.3, -0.25) is 4.90 Å². The first-order valence-electron chi connectivity index (χ1n) is 5.85. The summed E-state index contributed by atoms with van der Waals surface area (Å²) in [5, 5.41) is 20.1. The van der Waals surface area contributed by atoms with E-state index in [0.717, 1.165) is 20.5 Å². The third kappa shape index (κ3) is 1.76. The van der Waals surface area contributed by atoms with Crippen LogP contribution in [0.3, 0.4) is 0 Å². The fourth-order valence-corrected chi connectivity index (χ4v) is 4.05. The van der Waals surface area contributed by atoms with Gasteiger partial charge in [-0.15, -0.1) is 22.9 Å². The number of rotatable bonds is 1. The molecule has 2 N–H and O–H groups in total. The summed E-state index contributed by atoms with van der Waals surface area (Å²) in [4.78, 5) is 13.6. The minimum absolute atomic E-state index is 0.0195. The summed E-state index contributed by atoms with van der Waals surface area (Å²) in [6.45, 7) is 2.32. The van der Waals surface area contributed by atoms with Crippen LogP contribution in [-0.2, 0) is 0 Å². The van der Waals surface area contributed by atoms with Crippen LogP contribution in [-0.4, -0.2) is 28.7 Å². The van der Waals surface area contributed by atoms with E-state index < -0.39 is 6.09 Å². The molecule has 3 rings (SSSR count). The van der Waals surface area contributed by atoms with Crippen LogP contribution in [0.5, 0.6) is 5.75 Å². The molecule has 0 fully saturated rings. The van der Waals surface area contributed by atoms with Gasteiger partial charge in [-0.25, -0.2) is 4.79 Å². The first-order valence-corrected chi connectivity index (χ1v) is 7.20. The predicted octanol–water partition coefficient (Wildman–Crippen LogP) is 3.74. The third-order valence-electron chi connectivity index (χ3n) is 3.44. The quantitative estimate of drug-likeness (QED) is 0.788. The van der Waals surface area contributed by atoms with Crippen molar-refractivity contribution in [2.24, 2.45) is 0 Å². The molecule has 1 aromatic heterocycles. The van der Waals surface area contributed by atoms with E-state index in [2.05, 4.69) is 0 Å². The standard InChI is InChI=1S/C13H12ClNO3S/c1-6-2-8-10(16)3-9-11(12(8)19-6)7(4-14)5-15(9)13(17)18/h2-3,7,16H,4-5H2,1H3,(H,17,18). The highest BCUT2D eigenvalue weighted by molar-refractivity contribution is 7.19. The molecule has 4 nitrogen and oxygen atoms in total. The Kier molecular flexibility index (Phi) is 2.83. The van der Waals surface area contributed by atoms with Gasteiger partial charge in [0.05, 0.1) is 5.69 Å². The van der Waals surface area contributed by atoms with E-state index >= 15 is 0 Å². The van der Waals surface area contributed by atoms with Crippen LogP contribution in [0.4, 0.5) is 10.5 Å². The summed E-state index contributed by atoms with van der Waals surface area (Å²) in [7, 11) is 0. The van der Waals surface area contributed by atoms with E-state index in [-0.39, 0.29) is 11.7 Å². The van der Waals surface area contributed by atoms with Crippen molar-refractivity contribution in [1.29, 1.82) is 0 Å². The van der Waals surface area contributed by atoms with Gasteiger partial charge in [-0.1, -0.05) is 0 Å². The number of aryl methyl sites for hydroxylation is 1. The lowest BCUT2D eigenvalue weighted by molar-refractivity contribution is 0.202. The molecule has 0 radical (unpaired) electrons. The van der Waals surface area contributed by atoms with Crippen molar-refractivity contribution in [3.05, 3.63) is 22.6 Å². The average molecular weight is 298 g/mol. The maximum atomic E-state index is 11.3. The lowest BCUT2D eigenvalue weighted by Gasteiger charge is -2.13. The molecule has 2 heterocycles. The Balaban J connectivity index is 2.34. The van der Waals surface area contributed by atoms with Gasteiger partial charge in [0.25, 0.3) is 0 Å². The number of nitrogens with zero attached hydrogens (tertiary/aromatic N) is 1. The number of hydrogen-bond acceptors (Lipinski definition) is 3. The molecule has 1 aromatic carbocycles. The molecule has 100 valence electrons. The predicted molar refractivity (Wildman–Crippen MR) is 77.1 cm³/mol. The molecule has 0 aliphatic carbocycles. The number of halogens is 1. The summed E-state index contributed by atoms with van der Waals surface area (Å²) in [5.74, 6) is 0.474. The Hall–Kier alpha value is -1.46. The van der Waals surface area contributed by atoms with Crippen LogP contribution in [0.25, 0.3) is 10.1 Å². The van der Waals surface area contributed by atoms with Gasteiger partial charge in [0.1, 0.15) is 5.75 Å². The first kappa shape index (κ1) is 12.6. The second-order valence-electron chi connectivity index (χ2n) is 4.67. The zero-order valence-corrected chi connectivity index (χ0v) is 11.8. The molecule has 0 bridgehead atoms. The number of amides is 1. The highest BCUT2D eigenvalue weighted by atomic mass is 35.5. The monoisotopic (exact) mass is 297 g/mol. The number of aromatic hydroxyl groups is 1. The second-order valence-corrected chi connectivity index (χ2v) is 6.24. The summed E-state index contributed by atoms with van der Waals surface area (Å²) < 4.78 is 0.946. The number of phenolic OH excluding ortho intramolecular Hbond substituents is 1. The molecule has 0 spiro atoms. The number of benzene rings is 1. The molecule has 6 heteroatoms. The first-order chi connectivity index (χ1) is 9.02. The number of phenols is 1. The molecule has 2 aromatic rings. The molecule has 19 heavy (non-hydrogen) atoms. The Morgan fingerprint density at radius 3 is 2.95 bits per heavy atom. The smallest absolute Gasteiger partial charge is 0.411 e. The Labute approximate surface area is 118 Å². The van der Waals surface area contributed by atoms with Crippen molar-refractivity contribution in [2.75, 3.05) is 17.3 Å². The van der Waals surface area contributed by atoms with Gasteiger partial charge < -0.3 is 10.2 Å². The molecule has 0 saturated carbocycles. The lowest BCUT2D eigenvalue weighted by Crippen LogP contribution is -2.28. The number of fused-ring (bicyclic) bond motifs is 3. The molecule has 1 atom stereocenters. The maximum absolute atomic E-state index is 11.3. The molecular weight excluding hydrogens is 286 g/mol. The number of alkyl halides is 1. The van der Waals surface area contributed by atoms with Gasteiger partial charge in [0.2, 0.25) is 0 Å². The van der Waals surface area contributed by atoms with E-state index in [1.54, 1.807) is 11.3 Å². The number of anilines is 1. The minimum atomic E-state index is -1.01. The maximum Gasteiger partial charge on any atom is 0.411 e. The van der Waals surface area contributed by atoms with Crippen LogP contribution < -0.4 is 4.90 Å². The van der Waals surface area contributed by atoms with Crippen LogP contribution >= 0.6 is 22.9 Å². The van der Waals surface area contributed by atoms with E-state index in [1.165, 1.54) is 11.0 Å². The Morgan fingerprint density at radius 1 is 1.58 bits per heavy atom. The van der Waals surface area contributed by atoms with Crippen molar-refractivity contribution in [2.45, 2.75) is 12.8 Å². The summed E-state index contributed by atoms with van der Waals surface area (Å²) in [6.07, 6.45) is -1.01. The van der Waals surface area contributed by atoms with E-state index in [1.807, 2.05) is 13.0 Å². The topological polar surface area (TPSA) is 60.8 Å². The fourth-order valence-electron chi connectivity index (χ4n) is 2.64. The molecule has 1 amide bonds. The number of carboxylic acid groups (broad SMARTS) is 1. The van der Waals surface area contributed by atoms with Crippen LogP contribution in [0.1, 0.15) is 16.4 Å². The van der Waals surface area contributed by atoms with Crippen molar-refractivity contribution in [1.82, 2.24) is 0 Å². The highest BCUT2D eigenvalue weighted by Gasteiger charge is 2.35. The summed E-state index contributed by atoms with van der Waals surface area (Å²) in [5.41, 5.74) is 1.51. The van der Waals surface area contributed by atoms with Gasteiger partial charge in [0.15, 0.2) is 0 Å². The molecule has 1 unspecified atom stereocenters. The van der Waals surface area contributed by atoms with Gasteiger partial charge >= 0.3 is 6.09 Å². The number of thiophene rings is 1. The van der Waals surface area contributed by atoms with Crippen LogP contribution in [0.2, 0.25) is 0 Å². The van der Waals surface area contributed by atoms with Crippen molar-refractivity contribution in [3.63, 3.8) is 0 Å². The lowest BCUT2D eigenvalue weighted by atomic mass is 10.0.